The number of tetrazole rings is 1. The van der Waals surface area contributed by atoms with Crippen LogP contribution in [0.15, 0.2) is 54.0 Å². The van der Waals surface area contributed by atoms with Gasteiger partial charge in [-0.25, -0.2) is 18.9 Å². The summed E-state index contributed by atoms with van der Waals surface area (Å²) in [4.78, 5) is 22.9. The Morgan fingerprint density at radius 3 is 2.73 bits per heavy atom. The summed E-state index contributed by atoms with van der Waals surface area (Å²) < 4.78 is 15.1. The first kappa shape index (κ1) is 30.3. The molecular weight excluding hydrogens is 577 g/mol. The number of aromatic nitrogens is 5. The average Bonchev–Trinajstić information content (AvgIpc) is 3.67. The van der Waals surface area contributed by atoms with E-state index in [4.69, 9.17) is 0 Å². The Morgan fingerprint density at radius 1 is 1.09 bits per heavy atom. The number of hydrogen-bond acceptors (Lipinski definition) is 8. The van der Waals surface area contributed by atoms with Gasteiger partial charge in [0.15, 0.2) is 5.82 Å². The number of likely N-dealkylation sites (tertiary alicyclic amines) is 2. The van der Waals surface area contributed by atoms with Gasteiger partial charge in [0.2, 0.25) is 0 Å². The molecule has 2 aliphatic rings. The van der Waals surface area contributed by atoms with Gasteiger partial charge in [-0.1, -0.05) is 12.1 Å². The minimum Gasteiger partial charge on any atom is -0.335 e. The number of piperidine rings is 2. The molecule has 3 atom stereocenters. The number of aryl methyl sites for hydroxylation is 2. The molecule has 0 unspecified atom stereocenters. The number of urea groups is 1. The fourth-order valence-corrected chi connectivity index (χ4v) is 7.37. The van der Waals surface area contributed by atoms with Crippen molar-refractivity contribution in [1.82, 2.24) is 40.3 Å². The summed E-state index contributed by atoms with van der Waals surface area (Å²) in [6.45, 7) is 7.63. The smallest absolute Gasteiger partial charge is 0.319 e. The van der Waals surface area contributed by atoms with Gasteiger partial charge in [-0.3, -0.25) is 4.90 Å². The number of hydrogen-bond donors (Lipinski definition) is 2. The van der Waals surface area contributed by atoms with Crippen molar-refractivity contribution >= 4 is 23.1 Å². The van der Waals surface area contributed by atoms with E-state index in [2.05, 4.69) is 40.9 Å². The molecule has 0 aliphatic carbocycles. The van der Waals surface area contributed by atoms with E-state index in [-0.39, 0.29) is 23.8 Å². The van der Waals surface area contributed by atoms with Crippen LogP contribution >= 0.6 is 11.3 Å². The van der Waals surface area contributed by atoms with Crippen LogP contribution in [0.25, 0.3) is 11.4 Å². The van der Waals surface area contributed by atoms with E-state index in [0.717, 1.165) is 74.7 Å². The summed E-state index contributed by atoms with van der Waals surface area (Å²) in [6, 6.07) is 12.6. The highest BCUT2D eigenvalue weighted by Gasteiger charge is 2.33. The molecule has 12 heteroatoms. The number of nitrogens with one attached hydrogen (secondary N) is 2. The number of nitrogens with zero attached hydrogens (tertiary/aromatic N) is 7. The minimum atomic E-state index is -0.200. The van der Waals surface area contributed by atoms with Gasteiger partial charge >= 0.3 is 6.03 Å². The van der Waals surface area contributed by atoms with Gasteiger partial charge in [0.1, 0.15) is 10.8 Å². The van der Waals surface area contributed by atoms with E-state index in [1.54, 1.807) is 35.2 Å². The maximum Gasteiger partial charge on any atom is 0.319 e. The van der Waals surface area contributed by atoms with Crippen molar-refractivity contribution in [3.05, 3.63) is 76.0 Å². The van der Waals surface area contributed by atoms with Crippen molar-refractivity contribution in [2.75, 3.05) is 38.0 Å². The SMILES string of the molecule is Cc1cc(NC(=O)N[C@@H]2CCN(Cc3nccs3)C[C@H]2CN2CCC[C@@H](Cc3ccc(F)cc3)C2)cc(-c2nnnn2C)c1. The molecule has 2 aromatic carbocycles. The maximum atomic E-state index is 13.4. The van der Waals surface area contributed by atoms with Gasteiger partial charge in [-0.2, -0.15) is 0 Å². The second kappa shape index (κ2) is 13.9. The second-order valence-electron chi connectivity index (χ2n) is 12.2. The highest BCUT2D eigenvalue weighted by atomic mass is 32.1. The molecule has 4 heterocycles. The summed E-state index contributed by atoms with van der Waals surface area (Å²) >= 11 is 1.69. The molecule has 2 fully saturated rings. The zero-order valence-corrected chi connectivity index (χ0v) is 26.1. The lowest BCUT2D eigenvalue weighted by atomic mass is 9.88. The molecule has 0 spiro atoms. The van der Waals surface area contributed by atoms with Gasteiger partial charge in [0, 0.05) is 68.0 Å². The van der Waals surface area contributed by atoms with Crippen LogP contribution in [-0.4, -0.2) is 79.8 Å². The Labute approximate surface area is 261 Å². The summed E-state index contributed by atoms with van der Waals surface area (Å²) in [5.41, 5.74) is 3.75. The monoisotopic (exact) mass is 617 g/mol. The topological polar surface area (TPSA) is 104 Å². The van der Waals surface area contributed by atoms with Crippen molar-refractivity contribution in [2.45, 2.75) is 45.2 Å². The van der Waals surface area contributed by atoms with Crippen LogP contribution in [0.5, 0.6) is 0 Å². The largest absolute Gasteiger partial charge is 0.335 e. The Bertz CT molecular complexity index is 1530. The molecule has 2 N–H and O–H groups in total. The molecule has 0 radical (unpaired) electrons. The molecule has 44 heavy (non-hydrogen) atoms. The Hall–Kier alpha value is -3.74. The third-order valence-corrected chi connectivity index (χ3v) is 9.49. The number of thiazole rings is 1. The fraction of sp³-hybridized carbons (Fsp3) is 0.469. The molecule has 0 saturated carbocycles. The van der Waals surface area contributed by atoms with Gasteiger partial charge in [0.25, 0.3) is 0 Å². The fourth-order valence-electron chi connectivity index (χ4n) is 6.71. The zero-order valence-electron chi connectivity index (χ0n) is 25.3. The number of carbonyl (C=O) groups excluding carboxylic acids is 1. The Morgan fingerprint density at radius 2 is 1.95 bits per heavy atom. The molecule has 2 aromatic heterocycles. The maximum absolute atomic E-state index is 13.4. The summed E-state index contributed by atoms with van der Waals surface area (Å²) in [6.07, 6.45) is 6.03. The van der Waals surface area contributed by atoms with Crippen LogP contribution < -0.4 is 10.6 Å². The Kier molecular flexibility index (Phi) is 9.58. The highest BCUT2D eigenvalue weighted by molar-refractivity contribution is 7.09. The van der Waals surface area contributed by atoms with Gasteiger partial charge in [0.05, 0.1) is 6.54 Å². The average molecular weight is 618 g/mol. The Balaban J connectivity index is 1.12. The lowest BCUT2D eigenvalue weighted by Gasteiger charge is -2.42. The molecule has 232 valence electrons. The van der Waals surface area contributed by atoms with E-state index >= 15 is 0 Å². The van der Waals surface area contributed by atoms with Crippen LogP contribution in [-0.2, 0) is 20.0 Å². The normalized spacial score (nSPS) is 21.3. The number of rotatable bonds is 9. The number of carbonyl (C=O) groups is 1. The molecular formula is C32H40FN9OS. The molecule has 6 rings (SSSR count). The van der Waals surface area contributed by atoms with Crippen LogP contribution in [0, 0.1) is 24.6 Å². The number of benzene rings is 2. The van der Waals surface area contributed by atoms with Crippen molar-refractivity contribution in [1.29, 1.82) is 0 Å². The quantitative estimate of drug-likeness (QED) is 0.280. The number of halogens is 1. The standard InChI is InChI=1S/C32H40FN9OS/c1-22-14-25(31-37-38-39-40(31)2)17-28(15-22)35-32(43)36-29-9-12-42(21-30-34-10-13-44-30)20-26(29)19-41-11-3-4-24(18-41)16-23-5-7-27(33)8-6-23/h5-8,10,13-15,17,24,26,29H,3-4,9,11-12,16,18-21H2,1-2H3,(H2,35,36,43)/t24-,26+,29+/m0/s1. The van der Waals surface area contributed by atoms with Crippen molar-refractivity contribution < 1.29 is 9.18 Å². The first-order chi connectivity index (χ1) is 21.4. The summed E-state index contributed by atoms with van der Waals surface area (Å²) in [5, 5.41) is 21.4. The molecule has 10 nitrogen and oxygen atoms in total. The molecule has 0 bridgehead atoms. The number of amides is 2. The molecule has 2 amide bonds. The van der Waals surface area contributed by atoms with Crippen molar-refractivity contribution in [3.63, 3.8) is 0 Å². The summed E-state index contributed by atoms with van der Waals surface area (Å²) in [7, 11) is 1.80. The van der Waals surface area contributed by atoms with Crippen LogP contribution in [0.1, 0.15) is 35.4 Å². The van der Waals surface area contributed by atoms with Crippen LogP contribution in [0.3, 0.4) is 0 Å². The van der Waals surface area contributed by atoms with Crippen molar-refractivity contribution in [3.8, 4) is 11.4 Å². The third-order valence-electron chi connectivity index (χ3n) is 8.72. The van der Waals surface area contributed by atoms with Gasteiger partial charge in [-0.05, 0) is 97.0 Å². The first-order valence-electron chi connectivity index (χ1n) is 15.4. The van der Waals surface area contributed by atoms with Gasteiger partial charge in [-0.15, -0.1) is 16.4 Å². The van der Waals surface area contributed by atoms with E-state index in [0.29, 0.717) is 17.4 Å². The predicted octanol–water partition coefficient (Wildman–Crippen LogP) is 4.75. The zero-order chi connectivity index (χ0) is 30.5. The van der Waals surface area contributed by atoms with Crippen LogP contribution in [0.4, 0.5) is 14.9 Å². The first-order valence-corrected chi connectivity index (χ1v) is 16.3. The lowest BCUT2D eigenvalue weighted by molar-refractivity contribution is 0.0818. The minimum absolute atomic E-state index is 0.0484. The predicted molar refractivity (Wildman–Crippen MR) is 170 cm³/mol. The van der Waals surface area contributed by atoms with E-state index in [1.807, 2.05) is 48.8 Å². The van der Waals surface area contributed by atoms with Crippen molar-refractivity contribution in [2.24, 2.45) is 18.9 Å². The molecule has 2 saturated heterocycles. The highest BCUT2D eigenvalue weighted by Crippen LogP contribution is 2.27. The molecule has 4 aromatic rings. The third kappa shape index (κ3) is 7.85. The van der Waals surface area contributed by atoms with E-state index in [1.165, 1.54) is 12.0 Å². The second-order valence-corrected chi connectivity index (χ2v) is 13.2. The van der Waals surface area contributed by atoms with Gasteiger partial charge < -0.3 is 15.5 Å². The van der Waals surface area contributed by atoms with E-state index in [9.17, 15) is 9.18 Å². The number of anilines is 1. The van der Waals surface area contributed by atoms with Crippen LogP contribution in [0.2, 0.25) is 0 Å². The summed E-state index contributed by atoms with van der Waals surface area (Å²) in [5.74, 6) is 1.27. The van der Waals surface area contributed by atoms with E-state index < -0.39 is 0 Å². The lowest BCUT2D eigenvalue weighted by Crippen LogP contribution is -2.55. The molecule has 2 aliphatic heterocycles.